The smallest absolute Gasteiger partial charge is 0.257 e. The molecule has 0 unspecified atom stereocenters. The predicted molar refractivity (Wildman–Crippen MR) is 91.0 cm³/mol. The van der Waals surface area contributed by atoms with Crippen molar-refractivity contribution >= 4 is 11.4 Å². The number of fused-ring (bicyclic) bond motifs is 1. The van der Waals surface area contributed by atoms with E-state index in [4.69, 9.17) is 0 Å². The summed E-state index contributed by atoms with van der Waals surface area (Å²) in [5.41, 5.74) is 2.85. The molecule has 1 saturated heterocycles. The molecule has 124 valence electrons. The number of amides is 1. The van der Waals surface area contributed by atoms with Crippen molar-refractivity contribution in [1.82, 2.24) is 24.3 Å². The maximum absolute atomic E-state index is 12.8. The van der Waals surface area contributed by atoms with Crippen LogP contribution < -0.4 is 0 Å². The zero-order chi connectivity index (χ0) is 16.5. The molecule has 0 spiro atoms. The lowest BCUT2D eigenvalue weighted by Gasteiger charge is -2.32. The van der Waals surface area contributed by atoms with Gasteiger partial charge in [0, 0.05) is 43.6 Å². The molecule has 1 aliphatic heterocycles. The lowest BCUT2D eigenvalue weighted by Crippen LogP contribution is -2.38. The van der Waals surface area contributed by atoms with Gasteiger partial charge in [0.2, 0.25) is 0 Å². The number of hydrogen-bond acceptors (Lipinski definition) is 3. The third-order valence-electron chi connectivity index (χ3n) is 4.91. The molecule has 0 bridgehead atoms. The lowest BCUT2D eigenvalue weighted by atomic mass is 9.93. The fourth-order valence-corrected chi connectivity index (χ4v) is 3.60. The number of carbonyl (C=O) groups is 1. The highest BCUT2D eigenvalue weighted by molar-refractivity contribution is 6.00. The summed E-state index contributed by atoms with van der Waals surface area (Å²) in [6.45, 7) is 4.56. The molecular formula is C18H21N5O. The van der Waals surface area contributed by atoms with Gasteiger partial charge in [-0.25, -0.2) is 4.52 Å². The largest absolute Gasteiger partial charge is 0.338 e. The SMILES string of the molecule is CCn1nccc1C1CCN(C(=O)c2cnn3ccccc23)CC1. The molecule has 3 aromatic heterocycles. The van der Waals surface area contributed by atoms with Crippen molar-refractivity contribution in [1.29, 1.82) is 0 Å². The molecule has 6 heteroatoms. The molecule has 24 heavy (non-hydrogen) atoms. The zero-order valence-electron chi connectivity index (χ0n) is 13.8. The molecule has 0 atom stereocenters. The number of aryl methyl sites for hydroxylation is 1. The first-order valence-corrected chi connectivity index (χ1v) is 8.51. The van der Waals surface area contributed by atoms with E-state index in [9.17, 15) is 4.79 Å². The van der Waals surface area contributed by atoms with Gasteiger partial charge in [-0.15, -0.1) is 0 Å². The summed E-state index contributed by atoms with van der Waals surface area (Å²) in [6, 6.07) is 7.90. The molecule has 6 nitrogen and oxygen atoms in total. The number of rotatable bonds is 3. The average Bonchev–Trinajstić information content (AvgIpc) is 3.28. The van der Waals surface area contributed by atoms with Crippen LogP contribution in [-0.4, -0.2) is 43.3 Å². The number of carbonyl (C=O) groups excluding carboxylic acids is 1. The van der Waals surface area contributed by atoms with Gasteiger partial charge in [0.05, 0.1) is 17.3 Å². The topological polar surface area (TPSA) is 55.4 Å². The van der Waals surface area contributed by atoms with E-state index >= 15 is 0 Å². The van der Waals surface area contributed by atoms with Crippen LogP contribution in [0.15, 0.2) is 42.9 Å². The molecule has 0 radical (unpaired) electrons. The van der Waals surface area contributed by atoms with Crippen molar-refractivity contribution in [3.8, 4) is 0 Å². The molecule has 1 amide bonds. The molecule has 0 N–H and O–H groups in total. The lowest BCUT2D eigenvalue weighted by molar-refractivity contribution is 0.0713. The Morgan fingerprint density at radius 2 is 2.04 bits per heavy atom. The summed E-state index contributed by atoms with van der Waals surface area (Å²) in [4.78, 5) is 14.8. The van der Waals surface area contributed by atoms with Gasteiger partial charge in [-0.3, -0.25) is 9.48 Å². The van der Waals surface area contributed by atoms with Crippen LogP contribution in [0.2, 0.25) is 0 Å². The van der Waals surface area contributed by atoms with Crippen LogP contribution in [0.25, 0.3) is 5.52 Å². The molecule has 3 aromatic rings. The maximum atomic E-state index is 12.8. The summed E-state index contributed by atoms with van der Waals surface area (Å²) < 4.78 is 3.81. The molecule has 0 saturated carbocycles. The van der Waals surface area contributed by atoms with Gasteiger partial charge in [-0.05, 0) is 38.0 Å². The quantitative estimate of drug-likeness (QED) is 0.744. The summed E-state index contributed by atoms with van der Waals surface area (Å²) in [7, 11) is 0. The third kappa shape index (κ3) is 2.48. The van der Waals surface area contributed by atoms with Gasteiger partial charge in [-0.2, -0.15) is 10.2 Å². The number of aromatic nitrogens is 4. The van der Waals surface area contributed by atoms with E-state index in [1.807, 2.05) is 35.5 Å². The third-order valence-corrected chi connectivity index (χ3v) is 4.91. The van der Waals surface area contributed by atoms with Crippen molar-refractivity contribution < 1.29 is 4.79 Å². The van der Waals surface area contributed by atoms with E-state index in [0.717, 1.165) is 38.0 Å². The van der Waals surface area contributed by atoms with Gasteiger partial charge in [0.25, 0.3) is 5.91 Å². The minimum absolute atomic E-state index is 0.0821. The van der Waals surface area contributed by atoms with Crippen LogP contribution in [0, 0.1) is 0 Å². The highest BCUT2D eigenvalue weighted by Crippen LogP contribution is 2.28. The summed E-state index contributed by atoms with van der Waals surface area (Å²) in [6.07, 6.45) is 7.38. The van der Waals surface area contributed by atoms with Crippen molar-refractivity contribution in [2.24, 2.45) is 0 Å². The Balaban J connectivity index is 1.48. The Morgan fingerprint density at radius 1 is 1.21 bits per heavy atom. The van der Waals surface area contributed by atoms with Gasteiger partial charge in [0.15, 0.2) is 0 Å². The first-order chi connectivity index (χ1) is 11.8. The van der Waals surface area contributed by atoms with Gasteiger partial charge in [-0.1, -0.05) is 6.07 Å². The molecular weight excluding hydrogens is 302 g/mol. The Morgan fingerprint density at radius 3 is 2.83 bits per heavy atom. The first kappa shape index (κ1) is 14.9. The second kappa shape index (κ2) is 6.11. The first-order valence-electron chi connectivity index (χ1n) is 8.51. The maximum Gasteiger partial charge on any atom is 0.257 e. The molecule has 4 heterocycles. The minimum Gasteiger partial charge on any atom is -0.338 e. The van der Waals surface area contributed by atoms with Crippen LogP contribution in [0.4, 0.5) is 0 Å². The van der Waals surface area contributed by atoms with E-state index < -0.39 is 0 Å². The van der Waals surface area contributed by atoms with Gasteiger partial charge in [0.1, 0.15) is 0 Å². The van der Waals surface area contributed by atoms with Crippen LogP contribution in [-0.2, 0) is 6.54 Å². The van der Waals surface area contributed by atoms with E-state index in [0.29, 0.717) is 11.5 Å². The van der Waals surface area contributed by atoms with E-state index in [2.05, 4.69) is 27.9 Å². The predicted octanol–water partition coefficient (Wildman–Crippen LogP) is 2.57. The molecule has 0 aromatic carbocycles. The van der Waals surface area contributed by atoms with Gasteiger partial charge >= 0.3 is 0 Å². The monoisotopic (exact) mass is 323 g/mol. The molecule has 4 rings (SSSR count). The number of likely N-dealkylation sites (tertiary alicyclic amines) is 1. The van der Waals surface area contributed by atoms with Crippen LogP contribution in [0.5, 0.6) is 0 Å². The van der Waals surface area contributed by atoms with E-state index in [-0.39, 0.29) is 5.91 Å². The van der Waals surface area contributed by atoms with E-state index in [1.165, 1.54) is 5.69 Å². The minimum atomic E-state index is 0.0821. The van der Waals surface area contributed by atoms with Crippen molar-refractivity contribution in [3.05, 3.63) is 54.1 Å². The molecule has 1 aliphatic rings. The molecule has 0 aliphatic carbocycles. The van der Waals surface area contributed by atoms with Crippen LogP contribution in [0.3, 0.4) is 0 Å². The summed E-state index contributed by atoms with van der Waals surface area (Å²) in [5.74, 6) is 0.569. The van der Waals surface area contributed by atoms with Crippen LogP contribution >= 0.6 is 0 Å². The normalized spacial score (nSPS) is 16.0. The van der Waals surface area contributed by atoms with Crippen molar-refractivity contribution in [2.75, 3.05) is 13.1 Å². The number of nitrogens with zero attached hydrogens (tertiary/aromatic N) is 5. The highest BCUT2D eigenvalue weighted by Gasteiger charge is 2.27. The Hall–Kier alpha value is -2.63. The highest BCUT2D eigenvalue weighted by atomic mass is 16.2. The van der Waals surface area contributed by atoms with Gasteiger partial charge < -0.3 is 4.90 Å². The average molecular weight is 323 g/mol. The summed E-state index contributed by atoms with van der Waals surface area (Å²) in [5, 5.41) is 8.63. The standard InChI is InChI=1S/C18H21N5O/c1-2-22-16(6-9-19-22)14-7-11-21(12-8-14)18(24)15-13-20-23-10-4-3-5-17(15)23/h3-6,9-10,13-14H,2,7-8,11-12H2,1H3. The van der Waals surface area contributed by atoms with Crippen LogP contribution in [0.1, 0.15) is 41.7 Å². The second-order valence-electron chi connectivity index (χ2n) is 6.23. The van der Waals surface area contributed by atoms with Crippen molar-refractivity contribution in [3.63, 3.8) is 0 Å². The zero-order valence-corrected chi connectivity index (χ0v) is 13.8. The summed E-state index contributed by atoms with van der Waals surface area (Å²) >= 11 is 0. The van der Waals surface area contributed by atoms with E-state index in [1.54, 1.807) is 10.7 Å². The Bertz CT molecular complexity index is 857. The second-order valence-corrected chi connectivity index (χ2v) is 6.23. The fraction of sp³-hybridized carbons (Fsp3) is 0.389. The fourth-order valence-electron chi connectivity index (χ4n) is 3.60. The Labute approximate surface area is 140 Å². The number of piperidine rings is 1. The number of hydrogen-bond donors (Lipinski definition) is 0. The Kier molecular flexibility index (Phi) is 3.80. The molecule has 1 fully saturated rings. The number of pyridine rings is 1. The van der Waals surface area contributed by atoms with Crippen molar-refractivity contribution in [2.45, 2.75) is 32.2 Å².